The number of nitrogens with zero attached hydrogens (tertiary/aromatic N) is 2. The van der Waals surface area contributed by atoms with Gasteiger partial charge in [-0.05, 0) is 12.8 Å². The molecule has 7 heteroatoms. The van der Waals surface area contributed by atoms with Gasteiger partial charge < -0.3 is 15.3 Å². The fraction of sp³-hybridized carbons (Fsp3) is 0.500. The van der Waals surface area contributed by atoms with E-state index in [1.54, 1.807) is 6.20 Å². The zero-order valence-corrected chi connectivity index (χ0v) is 9.22. The molecule has 2 amide bonds. The number of aromatic nitrogens is 2. The molecule has 7 nitrogen and oxygen atoms in total. The Labute approximate surface area is 97.8 Å². The van der Waals surface area contributed by atoms with E-state index in [0.717, 1.165) is 6.42 Å². The van der Waals surface area contributed by atoms with E-state index in [1.165, 1.54) is 11.1 Å². The quantitative estimate of drug-likeness (QED) is 0.707. The second-order valence-corrected chi connectivity index (χ2v) is 4.04. The number of carboxylic acids is 1. The van der Waals surface area contributed by atoms with E-state index in [4.69, 9.17) is 5.11 Å². The lowest BCUT2D eigenvalue weighted by molar-refractivity contribution is -0.143. The van der Waals surface area contributed by atoms with Crippen LogP contribution in [-0.2, 0) is 4.79 Å². The van der Waals surface area contributed by atoms with E-state index in [2.05, 4.69) is 15.5 Å². The van der Waals surface area contributed by atoms with Crippen molar-refractivity contribution in [3.8, 4) is 0 Å². The maximum absolute atomic E-state index is 11.8. The van der Waals surface area contributed by atoms with E-state index in [1.807, 2.05) is 0 Å². The van der Waals surface area contributed by atoms with Crippen LogP contribution in [0.15, 0.2) is 12.4 Å². The number of hydrogen-bond donors (Lipinski definition) is 3. The Kier molecular flexibility index (Phi) is 3.27. The first-order chi connectivity index (χ1) is 8.16. The predicted octanol–water partition coefficient (Wildman–Crippen LogP) is 0.738. The molecule has 0 bridgehead atoms. The van der Waals surface area contributed by atoms with Crippen LogP contribution in [0.5, 0.6) is 0 Å². The van der Waals surface area contributed by atoms with Gasteiger partial charge in [-0.25, -0.2) is 4.79 Å². The van der Waals surface area contributed by atoms with E-state index in [0.29, 0.717) is 18.7 Å². The van der Waals surface area contributed by atoms with Crippen LogP contribution in [0.25, 0.3) is 0 Å². The molecule has 2 heterocycles. The van der Waals surface area contributed by atoms with Gasteiger partial charge in [0, 0.05) is 19.3 Å². The molecule has 2 rings (SSSR count). The minimum absolute atomic E-state index is 0.263. The molecule has 0 aromatic carbocycles. The molecule has 1 fully saturated rings. The average Bonchev–Trinajstić information content (AvgIpc) is 2.82. The SMILES string of the molecule is O=C(O)C1CCCN(C(=O)Nc2cn[nH]c2)C1. The molecule has 0 aliphatic carbocycles. The Morgan fingerprint density at radius 1 is 1.59 bits per heavy atom. The van der Waals surface area contributed by atoms with Gasteiger partial charge in [0.05, 0.1) is 17.8 Å². The number of urea groups is 1. The molecule has 92 valence electrons. The number of nitrogens with one attached hydrogen (secondary N) is 2. The Hall–Kier alpha value is -2.05. The van der Waals surface area contributed by atoms with Crippen LogP contribution in [0, 0.1) is 5.92 Å². The van der Waals surface area contributed by atoms with Gasteiger partial charge in [0.15, 0.2) is 0 Å². The van der Waals surface area contributed by atoms with Crippen molar-refractivity contribution in [2.75, 3.05) is 18.4 Å². The molecule has 0 radical (unpaired) electrons. The molecule has 1 saturated heterocycles. The summed E-state index contributed by atoms with van der Waals surface area (Å²) in [5.41, 5.74) is 0.576. The van der Waals surface area contributed by atoms with E-state index in [-0.39, 0.29) is 12.6 Å². The van der Waals surface area contributed by atoms with Crippen molar-refractivity contribution in [1.82, 2.24) is 15.1 Å². The lowest BCUT2D eigenvalue weighted by Crippen LogP contribution is -2.44. The summed E-state index contributed by atoms with van der Waals surface area (Å²) in [5.74, 6) is -1.30. The van der Waals surface area contributed by atoms with E-state index in [9.17, 15) is 9.59 Å². The van der Waals surface area contributed by atoms with Gasteiger partial charge in [-0.15, -0.1) is 0 Å². The average molecular weight is 238 g/mol. The highest BCUT2D eigenvalue weighted by atomic mass is 16.4. The maximum Gasteiger partial charge on any atom is 0.321 e. The summed E-state index contributed by atoms with van der Waals surface area (Å²) in [6.45, 7) is 0.854. The lowest BCUT2D eigenvalue weighted by Gasteiger charge is -2.30. The number of carbonyl (C=O) groups excluding carboxylic acids is 1. The molecule has 0 saturated carbocycles. The summed E-state index contributed by atoms with van der Waals surface area (Å²) in [5, 5.41) is 17.9. The highest BCUT2D eigenvalue weighted by Crippen LogP contribution is 2.17. The number of aromatic amines is 1. The van der Waals surface area contributed by atoms with Gasteiger partial charge in [-0.3, -0.25) is 9.89 Å². The van der Waals surface area contributed by atoms with Crippen molar-refractivity contribution >= 4 is 17.7 Å². The monoisotopic (exact) mass is 238 g/mol. The zero-order valence-electron chi connectivity index (χ0n) is 9.22. The van der Waals surface area contributed by atoms with Gasteiger partial charge in [-0.1, -0.05) is 0 Å². The Balaban J connectivity index is 1.93. The lowest BCUT2D eigenvalue weighted by atomic mass is 9.99. The van der Waals surface area contributed by atoms with Crippen molar-refractivity contribution in [2.24, 2.45) is 5.92 Å². The number of rotatable bonds is 2. The van der Waals surface area contributed by atoms with Gasteiger partial charge >= 0.3 is 12.0 Å². The fourth-order valence-corrected chi connectivity index (χ4v) is 1.88. The number of H-pyrrole nitrogens is 1. The highest BCUT2D eigenvalue weighted by Gasteiger charge is 2.28. The van der Waals surface area contributed by atoms with Crippen molar-refractivity contribution in [3.05, 3.63) is 12.4 Å². The maximum atomic E-state index is 11.8. The van der Waals surface area contributed by atoms with Crippen LogP contribution in [0.3, 0.4) is 0 Å². The van der Waals surface area contributed by atoms with Crippen molar-refractivity contribution in [3.63, 3.8) is 0 Å². The molecule has 1 unspecified atom stereocenters. The van der Waals surface area contributed by atoms with Gasteiger partial charge in [-0.2, -0.15) is 5.10 Å². The third kappa shape index (κ3) is 2.74. The summed E-state index contributed by atoms with van der Waals surface area (Å²) in [6.07, 6.45) is 4.41. The third-order valence-corrected chi connectivity index (χ3v) is 2.81. The molecule has 17 heavy (non-hydrogen) atoms. The Morgan fingerprint density at radius 2 is 2.41 bits per heavy atom. The molecule has 1 atom stereocenters. The molecule has 1 aliphatic rings. The fourth-order valence-electron chi connectivity index (χ4n) is 1.88. The summed E-state index contributed by atoms with van der Waals surface area (Å²) < 4.78 is 0. The number of piperidine rings is 1. The first-order valence-corrected chi connectivity index (χ1v) is 5.44. The minimum atomic E-state index is -0.842. The van der Waals surface area contributed by atoms with Crippen LogP contribution in [0.2, 0.25) is 0 Å². The van der Waals surface area contributed by atoms with Crippen molar-refractivity contribution < 1.29 is 14.7 Å². The van der Waals surface area contributed by atoms with Crippen LogP contribution < -0.4 is 5.32 Å². The minimum Gasteiger partial charge on any atom is -0.481 e. The summed E-state index contributed by atoms with van der Waals surface area (Å²) in [4.78, 5) is 24.2. The number of anilines is 1. The number of amides is 2. The van der Waals surface area contributed by atoms with Gasteiger partial charge in [0.25, 0.3) is 0 Å². The summed E-state index contributed by atoms with van der Waals surface area (Å²) in [7, 11) is 0. The first-order valence-electron chi connectivity index (χ1n) is 5.44. The number of likely N-dealkylation sites (tertiary alicyclic amines) is 1. The topological polar surface area (TPSA) is 98.3 Å². The molecule has 1 aliphatic heterocycles. The largest absolute Gasteiger partial charge is 0.481 e. The predicted molar refractivity (Wildman–Crippen MR) is 59.5 cm³/mol. The van der Waals surface area contributed by atoms with Crippen molar-refractivity contribution in [2.45, 2.75) is 12.8 Å². The molecule has 0 spiro atoms. The molecular formula is C10H14N4O3. The van der Waals surface area contributed by atoms with Crippen LogP contribution in [0.1, 0.15) is 12.8 Å². The molecule has 1 aromatic rings. The zero-order chi connectivity index (χ0) is 12.3. The molecule has 3 N–H and O–H groups in total. The second-order valence-electron chi connectivity index (χ2n) is 4.04. The highest BCUT2D eigenvalue weighted by molar-refractivity contribution is 5.89. The van der Waals surface area contributed by atoms with Gasteiger partial charge in [0.1, 0.15) is 0 Å². The molecule has 1 aromatic heterocycles. The molecular weight excluding hydrogens is 224 g/mol. The Bertz CT molecular complexity index is 404. The van der Waals surface area contributed by atoms with Crippen LogP contribution >= 0.6 is 0 Å². The normalized spacial score (nSPS) is 20.0. The van der Waals surface area contributed by atoms with Crippen LogP contribution in [0.4, 0.5) is 10.5 Å². The van der Waals surface area contributed by atoms with Gasteiger partial charge in [0.2, 0.25) is 0 Å². The third-order valence-electron chi connectivity index (χ3n) is 2.81. The van der Waals surface area contributed by atoms with Crippen LogP contribution in [-0.4, -0.2) is 45.3 Å². The standard InChI is InChI=1S/C10H14N4O3/c15-9(16)7-2-1-3-14(6-7)10(17)13-8-4-11-12-5-8/h4-5,7H,1-3,6H2,(H,11,12)(H,13,17)(H,15,16). The van der Waals surface area contributed by atoms with E-state index < -0.39 is 11.9 Å². The first kappa shape index (κ1) is 11.4. The van der Waals surface area contributed by atoms with E-state index >= 15 is 0 Å². The summed E-state index contributed by atoms with van der Waals surface area (Å²) in [6, 6.07) is -0.280. The number of aliphatic carboxylic acids is 1. The number of carbonyl (C=O) groups is 2. The number of hydrogen-bond acceptors (Lipinski definition) is 3. The Morgan fingerprint density at radius 3 is 3.06 bits per heavy atom. The second kappa shape index (κ2) is 4.86. The smallest absolute Gasteiger partial charge is 0.321 e. The number of carboxylic acid groups (broad SMARTS) is 1. The van der Waals surface area contributed by atoms with Crippen molar-refractivity contribution in [1.29, 1.82) is 0 Å². The summed E-state index contributed by atoms with van der Waals surface area (Å²) >= 11 is 0.